The molecule has 1 aromatic heterocycles. The van der Waals surface area contributed by atoms with Crippen LogP contribution in [0.5, 0.6) is 0 Å². The third-order valence-corrected chi connectivity index (χ3v) is 3.97. The van der Waals surface area contributed by atoms with Crippen molar-refractivity contribution in [3.05, 3.63) is 11.7 Å². The fourth-order valence-electron chi connectivity index (χ4n) is 3.05. The van der Waals surface area contributed by atoms with Crippen molar-refractivity contribution in [2.75, 3.05) is 19.6 Å². The van der Waals surface area contributed by atoms with Gasteiger partial charge in [-0.3, -0.25) is 9.80 Å². The van der Waals surface area contributed by atoms with Crippen LogP contribution in [0.4, 0.5) is 0 Å². The molecule has 5 nitrogen and oxygen atoms in total. The Morgan fingerprint density at radius 3 is 3.06 bits per heavy atom. The monoisotopic (exact) mass is 236 g/mol. The first kappa shape index (κ1) is 11.2. The summed E-state index contributed by atoms with van der Waals surface area (Å²) in [6.07, 6.45) is 2.69. The first-order valence-electron chi connectivity index (χ1n) is 6.49. The van der Waals surface area contributed by atoms with Gasteiger partial charge in [0.15, 0.2) is 5.82 Å². The number of fused-ring (bicyclic) bond motifs is 1. The molecule has 0 radical (unpaired) electrons. The second kappa shape index (κ2) is 4.38. The highest BCUT2D eigenvalue weighted by Crippen LogP contribution is 2.25. The number of rotatable bonds is 2. The summed E-state index contributed by atoms with van der Waals surface area (Å²) in [6.45, 7) is 8.55. The minimum absolute atomic E-state index is 0.580. The summed E-state index contributed by atoms with van der Waals surface area (Å²) >= 11 is 0. The average molecular weight is 236 g/mol. The van der Waals surface area contributed by atoms with Gasteiger partial charge in [0.2, 0.25) is 5.89 Å². The van der Waals surface area contributed by atoms with Gasteiger partial charge in [-0.05, 0) is 33.2 Å². The largest absolute Gasteiger partial charge is 0.338 e. The molecule has 0 bridgehead atoms. The van der Waals surface area contributed by atoms with Crippen molar-refractivity contribution >= 4 is 0 Å². The van der Waals surface area contributed by atoms with Gasteiger partial charge in [0.1, 0.15) is 0 Å². The van der Waals surface area contributed by atoms with Gasteiger partial charge in [-0.1, -0.05) is 5.16 Å². The fraction of sp³-hybridized carbons (Fsp3) is 0.833. The SMILES string of the molecule is Cc1noc(CN2CC3CCCN3CC2C)n1. The zero-order valence-electron chi connectivity index (χ0n) is 10.6. The second-order valence-electron chi connectivity index (χ2n) is 5.30. The van der Waals surface area contributed by atoms with E-state index >= 15 is 0 Å². The first-order valence-corrected chi connectivity index (χ1v) is 6.49. The van der Waals surface area contributed by atoms with Crippen LogP contribution in [-0.2, 0) is 6.54 Å². The molecule has 2 atom stereocenters. The molecule has 2 aliphatic heterocycles. The van der Waals surface area contributed by atoms with Crippen LogP contribution in [0.25, 0.3) is 0 Å². The van der Waals surface area contributed by atoms with Gasteiger partial charge in [-0.2, -0.15) is 4.98 Å². The van der Waals surface area contributed by atoms with E-state index in [1.54, 1.807) is 0 Å². The molecule has 3 heterocycles. The van der Waals surface area contributed by atoms with E-state index in [1.165, 1.54) is 25.9 Å². The summed E-state index contributed by atoms with van der Waals surface area (Å²) in [7, 11) is 0. The maximum Gasteiger partial charge on any atom is 0.240 e. The summed E-state index contributed by atoms with van der Waals surface area (Å²) in [6, 6.07) is 1.33. The van der Waals surface area contributed by atoms with Crippen molar-refractivity contribution in [2.24, 2.45) is 0 Å². The van der Waals surface area contributed by atoms with Crippen molar-refractivity contribution in [1.82, 2.24) is 19.9 Å². The molecule has 0 saturated carbocycles. The summed E-state index contributed by atoms with van der Waals surface area (Å²) in [5.74, 6) is 1.48. The summed E-state index contributed by atoms with van der Waals surface area (Å²) in [5, 5.41) is 3.85. The number of hydrogen-bond acceptors (Lipinski definition) is 5. The van der Waals surface area contributed by atoms with Gasteiger partial charge >= 0.3 is 0 Å². The van der Waals surface area contributed by atoms with E-state index in [-0.39, 0.29) is 0 Å². The van der Waals surface area contributed by atoms with Gasteiger partial charge < -0.3 is 4.52 Å². The van der Waals surface area contributed by atoms with Gasteiger partial charge in [-0.25, -0.2) is 0 Å². The van der Waals surface area contributed by atoms with E-state index in [9.17, 15) is 0 Å². The lowest BCUT2D eigenvalue weighted by Crippen LogP contribution is -2.54. The molecule has 17 heavy (non-hydrogen) atoms. The Morgan fingerprint density at radius 2 is 2.29 bits per heavy atom. The van der Waals surface area contributed by atoms with Crippen LogP contribution in [0.1, 0.15) is 31.5 Å². The van der Waals surface area contributed by atoms with Crippen LogP contribution < -0.4 is 0 Å². The predicted molar refractivity (Wildman–Crippen MR) is 63.5 cm³/mol. The van der Waals surface area contributed by atoms with Gasteiger partial charge in [0.25, 0.3) is 0 Å². The third kappa shape index (κ3) is 2.21. The minimum atomic E-state index is 0.580. The van der Waals surface area contributed by atoms with E-state index in [4.69, 9.17) is 4.52 Å². The number of piperazine rings is 1. The Kier molecular flexibility index (Phi) is 2.88. The van der Waals surface area contributed by atoms with Crippen LogP contribution in [0.2, 0.25) is 0 Å². The number of aryl methyl sites for hydroxylation is 1. The predicted octanol–water partition coefficient (Wildman–Crippen LogP) is 1.05. The fourth-order valence-corrected chi connectivity index (χ4v) is 3.05. The quantitative estimate of drug-likeness (QED) is 0.768. The molecule has 0 aromatic carbocycles. The standard InChI is InChI=1S/C12H20N4O/c1-9-6-15-5-3-4-11(15)7-16(9)8-12-13-10(2)14-17-12/h9,11H,3-8H2,1-2H3. The molecule has 2 unspecified atom stereocenters. The van der Waals surface area contributed by atoms with Gasteiger partial charge in [-0.15, -0.1) is 0 Å². The molecule has 5 heteroatoms. The molecule has 0 N–H and O–H groups in total. The Morgan fingerprint density at radius 1 is 1.41 bits per heavy atom. The summed E-state index contributed by atoms with van der Waals surface area (Å²) < 4.78 is 5.21. The Bertz CT molecular complexity index is 392. The third-order valence-electron chi connectivity index (χ3n) is 3.97. The van der Waals surface area contributed by atoms with Crippen molar-refractivity contribution in [1.29, 1.82) is 0 Å². The van der Waals surface area contributed by atoms with Crippen LogP contribution in [0, 0.1) is 6.92 Å². The second-order valence-corrected chi connectivity index (χ2v) is 5.30. The van der Waals surface area contributed by atoms with Crippen molar-refractivity contribution in [2.45, 2.75) is 45.3 Å². The lowest BCUT2D eigenvalue weighted by Gasteiger charge is -2.41. The molecule has 0 spiro atoms. The van der Waals surface area contributed by atoms with Gasteiger partial charge in [0, 0.05) is 25.2 Å². The molecular formula is C12H20N4O. The van der Waals surface area contributed by atoms with Crippen LogP contribution in [0.15, 0.2) is 4.52 Å². The Labute approximate surface area is 102 Å². The highest BCUT2D eigenvalue weighted by molar-refractivity contribution is 4.93. The van der Waals surface area contributed by atoms with Crippen LogP contribution in [-0.4, -0.2) is 51.7 Å². The molecule has 2 aliphatic rings. The molecular weight excluding hydrogens is 216 g/mol. The van der Waals surface area contributed by atoms with E-state index in [1.807, 2.05) is 6.92 Å². The molecule has 1 aromatic rings. The topological polar surface area (TPSA) is 45.4 Å². The molecule has 94 valence electrons. The van der Waals surface area contributed by atoms with Gasteiger partial charge in [0.05, 0.1) is 6.54 Å². The summed E-state index contributed by atoms with van der Waals surface area (Å²) in [4.78, 5) is 9.39. The van der Waals surface area contributed by atoms with Crippen molar-refractivity contribution in [3.63, 3.8) is 0 Å². The molecule has 2 saturated heterocycles. The van der Waals surface area contributed by atoms with Crippen molar-refractivity contribution < 1.29 is 4.52 Å². The molecule has 3 rings (SSSR count). The molecule has 0 amide bonds. The molecule has 0 aliphatic carbocycles. The zero-order valence-corrected chi connectivity index (χ0v) is 10.6. The summed E-state index contributed by atoms with van der Waals surface area (Å²) in [5.41, 5.74) is 0. The average Bonchev–Trinajstić information content (AvgIpc) is 2.88. The maximum atomic E-state index is 5.21. The zero-order chi connectivity index (χ0) is 11.8. The normalized spacial score (nSPS) is 30.7. The van der Waals surface area contributed by atoms with E-state index in [2.05, 4.69) is 26.9 Å². The lowest BCUT2D eigenvalue weighted by atomic mass is 10.1. The van der Waals surface area contributed by atoms with E-state index < -0.39 is 0 Å². The van der Waals surface area contributed by atoms with Crippen LogP contribution >= 0.6 is 0 Å². The lowest BCUT2D eigenvalue weighted by molar-refractivity contribution is 0.0468. The van der Waals surface area contributed by atoms with E-state index in [0.717, 1.165) is 30.8 Å². The van der Waals surface area contributed by atoms with Crippen LogP contribution in [0.3, 0.4) is 0 Å². The van der Waals surface area contributed by atoms with E-state index in [0.29, 0.717) is 6.04 Å². The highest BCUT2D eigenvalue weighted by atomic mass is 16.5. The number of hydrogen-bond donors (Lipinski definition) is 0. The first-order chi connectivity index (χ1) is 8.22. The Balaban J connectivity index is 1.66. The maximum absolute atomic E-state index is 5.21. The smallest absolute Gasteiger partial charge is 0.240 e. The minimum Gasteiger partial charge on any atom is -0.338 e. The number of nitrogens with zero attached hydrogens (tertiary/aromatic N) is 4. The Hall–Kier alpha value is -0.940. The van der Waals surface area contributed by atoms with Crippen molar-refractivity contribution in [3.8, 4) is 0 Å². The molecule has 2 fully saturated rings. The number of aromatic nitrogens is 2. The highest BCUT2D eigenvalue weighted by Gasteiger charge is 2.34.